The Bertz CT molecular complexity index is 287. The van der Waals surface area contributed by atoms with Gasteiger partial charge in [-0.2, -0.15) is 5.10 Å². The van der Waals surface area contributed by atoms with Gasteiger partial charge in [0, 0.05) is 19.9 Å². The van der Waals surface area contributed by atoms with Gasteiger partial charge in [-0.1, -0.05) is 0 Å². The van der Waals surface area contributed by atoms with Crippen LogP contribution in [-0.4, -0.2) is 28.5 Å². The van der Waals surface area contributed by atoms with Crippen LogP contribution in [0.2, 0.25) is 0 Å². The summed E-state index contributed by atoms with van der Waals surface area (Å²) in [5.41, 5.74) is 3.94. The van der Waals surface area contributed by atoms with Gasteiger partial charge in [-0.3, -0.25) is 16.0 Å². The van der Waals surface area contributed by atoms with Crippen molar-refractivity contribution in [2.45, 2.75) is 32.4 Å². The van der Waals surface area contributed by atoms with Crippen LogP contribution in [0.15, 0.2) is 12.4 Å². The number of nitrogens with zero attached hydrogens (tertiary/aromatic N) is 2. The van der Waals surface area contributed by atoms with E-state index in [9.17, 15) is 0 Å². The Morgan fingerprint density at radius 1 is 1.67 bits per heavy atom. The molecule has 0 radical (unpaired) electrons. The first-order valence-electron chi connectivity index (χ1n) is 5.22. The molecule has 3 N–H and O–H groups in total. The molecule has 2 atom stereocenters. The molecule has 0 fully saturated rings. The maximum absolute atomic E-state index is 5.50. The van der Waals surface area contributed by atoms with E-state index in [2.05, 4.69) is 10.5 Å². The third kappa shape index (κ3) is 3.62. The molecule has 1 heterocycles. The molecular weight excluding hydrogens is 192 g/mol. The van der Waals surface area contributed by atoms with E-state index in [1.807, 2.05) is 33.3 Å². The number of ether oxygens (including phenoxy) is 1. The number of nitrogens with two attached hydrogens (primary N) is 1. The van der Waals surface area contributed by atoms with Crippen LogP contribution in [-0.2, 0) is 18.2 Å². The standard InChI is InChI=1S/C10H20N4O/c1-4-15-8(2)10(13-11)5-9-6-12-14(3)7-9/h6-8,10,13H,4-5,11H2,1-3H3. The maximum Gasteiger partial charge on any atom is 0.0716 e. The summed E-state index contributed by atoms with van der Waals surface area (Å²) in [5, 5.41) is 4.12. The average molecular weight is 212 g/mol. The Kier molecular flexibility index (Phi) is 4.74. The zero-order chi connectivity index (χ0) is 11.3. The van der Waals surface area contributed by atoms with Gasteiger partial charge >= 0.3 is 0 Å². The molecule has 0 bridgehead atoms. The van der Waals surface area contributed by atoms with Gasteiger partial charge < -0.3 is 4.74 Å². The summed E-state index contributed by atoms with van der Waals surface area (Å²) in [4.78, 5) is 0. The van der Waals surface area contributed by atoms with E-state index >= 15 is 0 Å². The molecular formula is C10H20N4O. The quantitative estimate of drug-likeness (QED) is 0.523. The highest BCUT2D eigenvalue weighted by Gasteiger charge is 2.16. The zero-order valence-corrected chi connectivity index (χ0v) is 9.60. The number of nitrogens with one attached hydrogen (secondary N) is 1. The normalized spacial score (nSPS) is 15.2. The highest BCUT2D eigenvalue weighted by Crippen LogP contribution is 2.06. The van der Waals surface area contributed by atoms with Crippen LogP contribution in [0.5, 0.6) is 0 Å². The first kappa shape index (κ1) is 12.2. The fourth-order valence-corrected chi connectivity index (χ4v) is 1.57. The Labute approximate surface area is 90.6 Å². The lowest BCUT2D eigenvalue weighted by atomic mass is 10.1. The van der Waals surface area contributed by atoms with Gasteiger partial charge in [0.2, 0.25) is 0 Å². The second kappa shape index (κ2) is 5.85. The van der Waals surface area contributed by atoms with Crippen molar-refractivity contribution in [2.75, 3.05) is 6.61 Å². The van der Waals surface area contributed by atoms with Crippen LogP contribution < -0.4 is 11.3 Å². The number of hydrogen-bond acceptors (Lipinski definition) is 4. The average Bonchev–Trinajstić information content (AvgIpc) is 2.61. The molecule has 0 amide bonds. The number of hydrazine groups is 1. The van der Waals surface area contributed by atoms with Gasteiger partial charge in [-0.25, -0.2) is 0 Å². The third-order valence-corrected chi connectivity index (χ3v) is 2.42. The van der Waals surface area contributed by atoms with Gasteiger partial charge in [0.1, 0.15) is 0 Å². The summed E-state index contributed by atoms with van der Waals surface area (Å²) in [5.74, 6) is 5.50. The highest BCUT2D eigenvalue weighted by molar-refractivity contribution is 5.06. The van der Waals surface area contributed by atoms with Crippen molar-refractivity contribution in [2.24, 2.45) is 12.9 Å². The summed E-state index contributed by atoms with van der Waals surface area (Å²) < 4.78 is 7.29. The van der Waals surface area contributed by atoms with Crippen molar-refractivity contribution in [1.82, 2.24) is 15.2 Å². The Balaban J connectivity index is 2.53. The fourth-order valence-electron chi connectivity index (χ4n) is 1.57. The Hall–Kier alpha value is -0.910. The molecule has 15 heavy (non-hydrogen) atoms. The van der Waals surface area contributed by atoms with Gasteiger partial charge in [-0.15, -0.1) is 0 Å². The smallest absolute Gasteiger partial charge is 0.0716 e. The Morgan fingerprint density at radius 2 is 2.40 bits per heavy atom. The molecule has 0 aromatic carbocycles. The van der Waals surface area contributed by atoms with Gasteiger partial charge in [-0.05, 0) is 25.8 Å². The summed E-state index contributed by atoms with van der Waals surface area (Å²) in [6.07, 6.45) is 4.76. The van der Waals surface area contributed by atoms with Crippen molar-refractivity contribution in [3.05, 3.63) is 18.0 Å². The van der Waals surface area contributed by atoms with E-state index in [0.29, 0.717) is 6.61 Å². The van der Waals surface area contributed by atoms with Crippen LogP contribution in [0.4, 0.5) is 0 Å². The van der Waals surface area contributed by atoms with Gasteiger partial charge in [0.05, 0.1) is 18.3 Å². The second-order valence-corrected chi connectivity index (χ2v) is 3.66. The highest BCUT2D eigenvalue weighted by atomic mass is 16.5. The molecule has 0 saturated heterocycles. The van der Waals surface area contributed by atoms with E-state index in [1.54, 1.807) is 4.68 Å². The first-order valence-corrected chi connectivity index (χ1v) is 5.22. The molecule has 86 valence electrons. The zero-order valence-electron chi connectivity index (χ0n) is 9.60. The van der Waals surface area contributed by atoms with Crippen LogP contribution in [0.1, 0.15) is 19.4 Å². The lowest BCUT2D eigenvalue weighted by Gasteiger charge is -2.22. The largest absolute Gasteiger partial charge is 0.377 e. The molecule has 2 unspecified atom stereocenters. The van der Waals surface area contributed by atoms with E-state index in [4.69, 9.17) is 10.6 Å². The summed E-state index contributed by atoms with van der Waals surface area (Å²) in [6, 6.07) is 0.120. The lowest BCUT2D eigenvalue weighted by Crippen LogP contribution is -2.45. The molecule has 0 spiro atoms. The van der Waals surface area contributed by atoms with Gasteiger partial charge in [0.15, 0.2) is 0 Å². The fraction of sp³-hybridized carbons (Fsp3) is 0.700. The predicted octanol–water partition coefficient (Wildman–Crippen LogP) is 0.220. The van der Waals surface area contributed by atoms with Crippen molar-refractivity contribution in [3.8, 4) is 0 Å². The predicted molar refractivity (Wildman–Crippen MR) is 59.1 cm³/mol. The van der Waals surface area contributed by atoms with Crippen molar-refractivity contribution < 1.29 is 4.74 Å². The molecule has 5 heteroatoms. The van der Waals surface area contributed by atoms with E-state index in [-0.39, 0.29) is 12.1 Å². The van der Waals surface area contributed by atoms with Crippen LogP contribution >= 0.6 is 0 Å². The molecule has 0 aliphatic heterocycles. The maximum atomic E-state index is 5.50. The first-order chi connectivity index (χ1) is 7.17. The molecule has 5 nitrogen and oxygen atoms in total. The van der Waals surface area contributed by atoms with Crippen molar-refractivity contribution in [3.63, 3.8) is 0 Å². The topological polar surface area (TPSA) is 65.1 Å². The minimum absolute atomic E-state index is 0.0974. The van der Waals surface area contributed by atoms with E-state index in [1.165, 1.54) is 0 Å². The second-order valence-electron chi connectivity index (χ2n) is 3.66. The molecule has 1 rings (SSSR count). The molecule has 0 aliphatic rings. The molecule has 1 aromatic rings. The Morgan fingerprint density at radius 3 is 2.87 bits per heavy atom. The van der Waals surface area contributed by atoms with E-state index < -0.39 is 0 Å². The number of aromatic nitrogens is 2. The summed E-state index contributed by atoms with van der Waals surface area (Å²) in [6.45, 7) is 4.70. The van der Waals surface area contributed by atoms with Crippen molar-refractivity contribution >= 4 is 0 Å². The van der Waals surface area contributed by atoms with Crippen molar-refractivity contribution in [1.29, 1.82) is 0 Å². The number of aryl methyl sites for hydroxylation is 1. The summed E-state index contributed by atoms with van der Waals surface area (Å²) in [7, 11) is 1.90. The van der Waals surface area contributed by atoms with Crippen LogP contribution in [0, 0.1) is 0 Å². The van der Waals surface area contributed by atoms with Gasteiger partial charge in [0.25, 0.3) is 0 Å². The molecule has 0 aliphatic carbocycles. The number of hydrogen-bond donors (Lipinski definition) is 2. The third-order valence-electron chi connectivity index (χ3n) is 2.42. The van der Waals surface area contributed by atoms with Crippen LogP contribution in [0.25, 0.3) is 0 Å². The monoisotopic (exact) mass is 212 g/mol. The SMILES string of the molecule is CCOC(C)C(Cc1cnn(C)c1)NN. The molecule has 1 aromatic heterocycles. The van der Waals surface area contributed by atoms with E-state index in [0.717, 1.165) is 12.0 Å². The molecule has 0 saturated carbocycles. The van der Waals surface area contributed by atoms with Crippen LogP contribution in [0.3, 0.4) is 0 Å². The lowest BCUT2D eigenvalue weighted by molar-refractivity contribution is 0.0476. The minimum atomic E-state index is 0.0974. The summed E-state index contributed by atoms with van der Waals surface area (Å²) >= 11 is 0. The number of rotatable bonds is 6. The minimum Gasteiger partial charge on any atom is -0.377 e.